The van der Waals surface area contributed by atoms with Crippen molar-refractivity contribution in [1.82, 2.24) is 19.8 Å². The van der Waals surface area contributed by atoms with E-state index in [0.29, 0.717) is 31.1 Å². The number of morpholine rings is 1. The molecule has 0 radical (unpaired) electrons. The van der Waals surface area contributed by atoms with Gasteiger partial charge in [0.25, 0.3) is 5.91 Å². The quantitative estimate of drug-likeness (QED) is 0.561. The third-order valence-corrected chi connectivity index (χ3v) is 6.49. The summed E-state index contributed by atoms with van der Waals surface area (Å²) in [6.45, 7) is 7.27. The minimum Gasteiger partial charge on any atom is -0.439 e. The lowest BCUT2D eigenvalue weighted by Gasteiger charge is -2.34. The Bertz CT molecular complexity index is 1160. The van der Waals surface area contributed by atoms with Crippen LogP contribution >= 0.6 is 0 Å². The molecule has 182 valence electrons. The van der Waals surface area contributed by atoms with Gasteiger partial charge in [0.15, 0.2) is 0 Å². The number of aryl methyl sites for hydroxylation is 1. The minimum absolute atomic E-state index is 0.0110. The maximum absolute atomic E-state index is 13.4. The summed E-state index contributed by atoms with van der Waals surface area (Å²) < 4.78 is 11.9. The summed E-state index contributed by atoms with van der Waals surface area (Å²) >= 11 is 0. The van der Waals surface area contributed by atoms with Gasteiger partial charge in [0.05, 0.1) is 18.8 Å². The molecule has 1 amide bonds. The van der Waals surface area contributed by atoms with Crippen LogP contribution in [-0.4, -0.2) is 78.6 Å². The van der Waals surface area contributed by atoms with E-state index in [2.05, 4.69) is 26.8 Å². The van der Waals surface area contributed by atoms with Crippen LogP contribution in [0, 0.1) is 6.92 Å². The van der Waals surface area contributed by atoms with E-state index in [9.17, 15) is 4.79 Å². The first-order valence-corrected chi connectivity index (χ1v) is 12.1. The zero-order valence-electron chi connectivity index (χ0n) is 20.3. The molecular formula is C27H31N5O3. The first kappa shape index (κ1) is 23.3. The summed E-state index contributed by atoms with van der Waals surface area (Å²) in [5.74, 6) is 2.08. The number of amides is 1. The van der Waals surface area contributed by atoms with E-state index in [1.54, 1.807) is 12.3 Å². The molecule has 0 spiro atoms. The highest BCUT2D eigenvalue weighted by Crippen LogP contribution is 2.26. The summed E-state index contributed by atoms with van der Waals surface area (Å²) in [7, 11) is 2.12. The van der Waals surface area contributed by atoms with Gasteiger partial charge in [-0.1, -0.05) is 23.8 Å². The molecule has 0 N–H and O–H groups in total. The molecule has 5 rings (SSSR count). The monoisotopic (exact) mass is 473 g/mol. The Hall–Kier alpha value is -3.49. The number of benzene rings is 1. The van der Waals surface area contributed by atoms with Crippen molar-refractivity contribution in [3.05, 3.63) is 77.6 Å². The van der Waals surface area contributed by atoms with E-state index >= 15 is 0 Å². The van der Waals surface area contributed by atoms with Crippen molar-refractivity contribution in [2.75, 3.05) is 57.8 Å². The Morgan fingerprint density at radius 2 is 1.83 bits per heavy atom. The van der Waals surface area contributed by atoms with Crippen molar-refractivity contribution in [2.24, 2.45) is 0 Å². The minimum atomic E-state index is -0.312. The number of carbonyl (C=O) groups excluding carboxylic acids is 1. The zero-order valence-corrected chi connectivity index (χ0v) is 20.3. The fourth-order valence-electron chi connectivity index (χ4n) is 4.35. The summed E-state index contributed by atoms with van der Waals surface area (Å²) in [6, 6.07) is 17.2. The third-order valence-electron chi connectivity index (χ3n) is 6.49. The average Bonchev–Trinajstić information content (AvgIpc) is 2.90. The number of rotatable bonds is 5. The fourth-order valence-corrected chi connectivity index (χ4v) is 4.35. The van der Waals surface area contributed by atoms with E-state index < -0.39 is 0 Å². The Balaban J connectivity index is 1.26. The van der Waals surface area contributed by atoms with Crippen LogP contribution in [-0.2, 0) is 4.74 Å². The van der Waals surface area contributed by atoms with Gasteiger partial charge in [-0.2, -0.15) is 0 Å². The second kappa shape index (κ2) is 10.4. The number of hydrogen-bond acceptors (Lipinski definition) is 7. The fraction of sp³-hybridized carbons (Fsp3) is 0.370. The van der Waals surface area contributed by atoms with Gasteiger partial charge in [-0.25, -0.2) is 9.97 Å². The van der Waals surface area contributed by atoms with Crippen LogP contribution in [0.15, 0.2) is 60.8 Å². The number of likely N-dealkylation sites (N-methyl/N-ethyl adjacent to an activating group) is 1. The number of aromatic nitrogens is 2. The van der Waals surface area contributed by atoms with Gasteiger partial charge in [-0.05, 0) is 44.3 Å². The van der Waals surface area contributed by atoms with Gasteiger partial charge in [0.2, 0.25) is 5.88 Å². The van der Waals surface area contributed by atoms with Gasteiger partial charge in [-0.15, -0.1) is 0 Å². The highest BCUT2D eigenvalue weighted by Gasteiger charge is 2.28. The predicted molar refractivity (Wildman–Crippen MR) is 134 cm³/mol. The molecule has 1 atom stereocenters. The largest absolute Gasteiger partial charge is 0.439 e. The summed E-state index contributed by atoms with van der Waals surface area (Å²) in [5, 5.41) is 0. The molecule has 3 aromatic rings. The zero-order chi connectivity index (χ0) is 24.2. The normalized spacial score (nSPS) is 19.0. The van der Waals surface area contributed by atoms with Crippen molar-refractivity contribution >= 4 is 11.7 Å². The summed E-state index contributed by atoms with van der Waals surface area (Å²) in [5.41, 5.74) is 2.57. The van der Waals surface area contributed by atoms with Gasteiger partial charge in [-0.3, -0.25) is 4.79 Å². The van der Waals surface area contributed by atoms with E-state index in [-0.39, 0.29) is 12.0 Å². The van der Waals surface area contributed by atoms with E-state index in [0.717, 1.165) is 43.4 Å². The van der Waals surface area contributed by atoms with Gasteiger partial charge < -0.3 is 24.2 Å². The topological polar surface area (TPSA) is 71.0 Å². The molecule has 0 saturated carbocycles. The molecule has 2 aliphatic rings. The third kappa shape index (κ3) is 5.61. The van der Waals surface area contributed by atoms with Crippen molar-refractivity contribution in [3.63, 3.8) is 0 Å². The molecule has 0 unspecified atom stereocenters. The van der Waals surface area contributed by atoms with Gasteiger partial charge >= 0.3 is 0 Å². The summed E-state index contributed by atoms with van der Waals surface area (Å²) in [6.07, 6.45) is 1.42. The van der Waals surface area contributed by atoms with Crippen LogP contribution in [0.4, 0.5) is 5.82 Å². The molecule has 2 saturated heterocycles. The Labute approximate surface area is 206 Å². The van der Waals surface area contributed by atoms with E-state index in [1.807, 2.05) is 60.4 Å². The molecular weight excluding hydrogens is 442 g/mol. The second-order valence-electron chi connectivity index (χ2n) is 9.12. The average molecular weight is 474 g/mol. The molecule has 0 bridgehead atoms. The van der Waals surface area contributed by atoms with Crippen LogP contribution in [0.3, 0.4) is 0 Å². The van der Waals surface area contributed by atoms with Crippen LogP contribution in [0.25, 0.3) is 0 Å². The molecule has 8 heteroatoms. The molecule has 35 heavy (non-hydrogen) atoms. The first-order valence-electron chi connectivity index (χ1n) is 12.1. The predicted octanol–water partition coefficient (Wildman–Crippen LogP) is 3.54. The maximum Gasteiger partial charge on any atom is 0.254 e. The lowest BCUT2D eigenvalue weighted by atomic mass is 10.1. The standard InChI is InChI=1S/C27H31N5O3/c1-20-6-8-22(9-7-20)35-26-5-3-4-23(29-26)24-19-32(16-17-34-24)27(33)21-10-11-28-25(18-21)31-14-12-30(2)13-15-31/h3-11,18,24H,12-17,19H2,1-2H3/t24-/m0/s1. The molecule has 0 aliphatic carbocycles. The van der Waals surface area contributed by atoms with Crippen molar-refractivity contribution in [1.29, 1.82) is 0 Å². The smallest absolute Gasteiger partial charge is 0.254 e. The Morgan fingerprint density at radius 1 is 1.03 bits per heavy atom. The maximum atomic E-state index is 13.4. The van der Waals surface area contributed by atoms with Crippen molar-refractivity contribution in [2.45, 2.75) is 13.0 Å². The van der Waals surface area contributed by atoms with Gasteiger partial charge in [0.1, 0.15) is 17.7 Å². The van der Waals surface area contributed by atoms with Crippen LogP contribution in [0.1, 0.15) is 27.7 Å². The SMILES string of the molecule is Cc1ccc(Oc2cccc([C@@H]3CN(C(=O)c4ccnc(N5CCN(C)CC5)c4)CCO3)n2)cc1. The van der Waals surface area contributed by atoms with Crippen molar-refractivity contribution in [3.8, 4) is 11.6 Å². The molecule has 8 nitrogen and oxygen atoms in total. The van der Waals surface area contributed by atoms with Crippen LogP contribution in [0.5, 0.6) is 11.6 Å². The lowest BCUT2D eigenvalue weighted by molar-refractivity contribution is -0.0248. The molecule has 4 heterocycles. The number of carbonyl (C=O) groups is 1. The lowest BCUT2D eigenvalue weighted by Crippen LogP contribution is -2.45. The molecule has 2 fully saturated rings. The molecule has 2 aromatic heterocycles. The second-order valence-corrected chi connectivity index (χ2v) is 9.12. The number of pyridine rings is 2. The van der Waals surface area contributed by atoms with Crippen LogP contribution in [0.2, 0.25) is 0 Å². The molecule has 1 aromatic carbocycles. The molecule has 2 aliphatic heterocycles. The number of anilines is 1. The number of hydrogen-bond donors (Lipinski definition) is 0. The van der Waals surface area contributed by atoms with E-state index in [4.69, 9.17) is 9.47 Å². The highest BCUT2D eigenvalue weighted by molar-refractivity contribution is 5.95. The number of ether oxygens (including phenoxy) is 2. The number of nitrogens with zero attached hydrogens (tertiary/aromatic N) is 5. The number of piperazine rings is 1. The first-order chi connectivity index (χ1) is 17.0. The van der Waals surface area contributed by atoms with Gasteiger partial charge in [0, 0.05) is 50.6 Å². The summed E-state index contributed by atoms with van der Waals surface area (Å²) in [4.78, 5) is 28.9. The van der Waals surface area contributed by atoms with Crippen LogP contribution < -0.4 is 9.64 Å². The Kier molecular flexibility index (Phi) is 6.92. The highest BCUT2D eigenvalue weighted by atomic mass is 16.5. The van der Waals surface area contributed by atoms with Crippen molar-refractivity contribution < 1.29 is 14.3 Å². The Morgan fingerprint density at radius 3 is 2.63 bits per heavy atom. The van der Waals surface area contributed by atoms with E-state index in [1.165, 1.54) is 5.56 Å².